The van der Waals surface area contributed by atoms with Crippen LogP contribution in [-0.4, -0.2) is 22.2 Å². The molecular formula is C15H19N3O2S. The van der Waals surface area contributed by atoms with Crippen LogP contribution in [0.15, 0.2) is 34.4 Å². The van der Waals surface area contributed by atoms with Gasteiger partial charge in [-0.25, -0.2) is 4.68 Å². The first-order valence-electron chi connectivity index (χ1n) is 7.09. The second-order valence-electron chi connectivity index (χ2n) is 4.72. The van der Waals surface area contributed by atoms with Crippen molar-refractivity contribution in [1.82, 2.24) is 15.1 Å². The van der Waals surface area contributed by atoms with E-state index < -0.39 is 0 Å². The molecule has 0 aliphatic carbocycles. The van der Waals surface area contributed by atoms with Gasteiger partial charge in [-0.2, -0.15) is 5.10 Å². The summed E-state index contributed by atoms with van der Waals surface area (Å²) < 4.78 is 1.36. The lowest BCUT2D eigenvalue weighted by Gasteiger charge is -2.07. The van der Waals surface area contributed by atoms with E-state index >= 15 is 0 Å². The molecule has 0 aromatic carbocycles. The fourth-order valence-corrected chi connectivity index (χ4v) is 2.59. The Morgan fingerprint density at radius 1 is 1.38 bits per heavy atom. The van der Waals surface area contributed by atoms with Crippen LogP contribution in [0.1, 0.15) is 35.1 Å². The van der Waals surface area contributed by atoms with Crippen LogP contribution in [0, 0.1) is 0 Å². The van der Waals surface area contributed by atoms with Gasteiger partial charge < -0.3 is 5.32 Å². The van der Waals surface area contributed by atoms with E-state index in [4.69, 9.17) is 0 Å². The quantitative estimate of drug-likeness (QED) is 0.852. The minimum atomic E-state index is -0.239. The summed E-state index contributed by atoms with van der Waals surface area (Å²) in [7, 11) is 0. The van der Waals surface area contributed by atoms with Crippen LogP contribution in [0.25, 0.3) is 0 Å². The van der Waals surface area contributed by atoms with E-state index in [1.54, 1.807) is 11.3 Å². The van der Waals surface area contributed by atoms with E-state index in [1.807, 2.05) is 24.4 Å². The molecule has 5 nitrogen and oxygen atoms in total. The topological polar surface area (TPSA) is 64.0 Å². The Morgan fingerprint density at radius 3 is 2.95 bits per heavy atom. The number of hydrogen-bond acceptors (Lipinski definition) is 4. The average Bonchev–Trinajstić information content (AvgIpc) is 2.99. The largest absolute Gasteiger partial charge is 0.350 e. The van der Waals surface area contributed by atoms with Crippen molar-refractivity contribution >= 4 is 17.2 Å². The Hall–Kier alpha value is -1.95. The third kappa shape index (κ3) is 4.53. The average molecular weight is 305 g/mol. The smallest absolute Gasteiger partial charge is 0.271 e. The Balaban J connectivity index is 1.93. The van der Waals surface area contributed by atoms with Crippen LogP contribution in [0.2, 0.25) is 0 Å². The van der Waals surface area contributed by atoms with E-state index in [2.05, 4.69) is 10.4 Å². The zero-order valence-electron chi connectivity index (χ0n) is 12.0. The van der Waals surface area contributed by atoms with E-state index in [1.165, 1.54) is 21.7 Å². The molecule has 2 aromatic rings. The highest BCUT2D eigenvalue weighted by molar-refractivity contribution is 7.09. The van der Waals surface area contributed by atoms with Crippen molar-refractivity contribution in [2.45, 2.75) is 32.7 Å². The van der Waals surface area contributed by atoms with Gasteiger partial charge in [0.1, 0.15) is 5.69 Å². The number of thiophene rings is 1. The molecule has 6 heteroatoms. The maximum absolute atomic E-state index is 12.0. The number of aromatic nitrogens is 2. The number of nitrogens with one attached hydrogen (secondary N) is 1. The van der Waals surface area contributed by atoms with Crippen LogP contribution < -0.4 is 10.9 Å². The molecule has 21 heavy (non-hydrogen) atoms. The van der Waals surface area contributed by atoms with Gasteiger partial charge in [-0.1, -0.05) is 19.4 Å². The zero-order valence-corrected chi connectivity index (χ0v) is 12.9. The second kappa shape index (κ2) is 7.73. The van der Waals surface area contributed by atoms with Gasteiger partial charge in [0.05, 0.1) is 0 Å². The summed E-state index contributed by atoms with van der Waals surface area (Å²) in [5.41, 5.74) is 0.121. The Morgan fingerprint density at radius 2 is 2.24 bits per heavy atom. The number of aryl methyl sites for hydroxylation is 1. The molecule has 0 bridgehead atoms. The number of carbonyl (C=O) groups excluding carboxylic acids is 1. The molecule has 0 atom stereocenters. The predicted molar refractivity (Wildman–Crippen MR) is 83.8 cm³/mol. The molecule has 0 radical (unpaired) electrons. The summed E-state index contributed by atoms with van der Waals surface area (Å²) >= 11 is 1.67. The minimum absolute atomic E-state index is 0.168. The maximum atomic E-state index is 12.0. The van der Waals surface area contributed by atoms with E-state index in [-0.39, 0.29) is 17.2 Å². The Bertz CT molecular complexity index is 635. The molecule has 0 saturated heterocycles. The van der Waals surface area contributed by atoms with Gasteiger partial charge >= 0.3 is 0 Å². The SMILES string of the molecule is CCCCn1nc(C(=O)NCCc2cccs2)ccc1=O. The second-order valence-corrected chi connectivity index (χ2v) is 5.75. The normalized spacial score (nSPS) is 10.5. The van der Waals surface area contributed by atoms with Crippen LogP contribution in [0.4, 0.5) is 0 Å². The number of hydrogen-bond donors (Lipinski definition) is 1. The highest BCUT2D eigenvalue weighted by Crippen LogP contribution is 2.08. The molecule has 112 valence electrons. The van der Waals surface area contributed by atoms with Crippen LogP contribution >= 0.6 is 11.3 Å². The summed E-state index contributed by atoms with van der Waals surface area (Å²) in [6.07, 6.45) is 2.65. The van der Waals surface area contributed by atoms with Crippen molar-refractivity contribution in [3.63, 3.8) is 0 Å². The lowest BCUT2D eigenvalue weighted by Crippen LogP contribution is -2.30. The maximum Gasteiger partial charge on any atom is 0.271 e. The van der Waals surface area contributed by atoms with Gasteiger partial charge in [-0.05, 0) is 30.4 Å². The van der Waals surface area contributed by atoms with E-state index in [0.29, 0.717) is 13.1 Å². The van der Waals surface area contributed by atoms with Gasteiger partial charge in [0.2, 0.25) is 0 Å². The van der Waals surface area contributed by atoms with Crippen molar-refractivity contribution in [3.05, 3.63) is 50.6 Å². The fraction of sp³-hybridized carbons (Fsp3) is 0.400. The fourth-order valence-electron chi connectivity index (χ4n) is 1.88. The number of carbonyl (C=O) groups is 1. The molecule has 1 amide bonds. The molecule has 0 saturated carbocycles. The van der Waals surface area contributed by atoms with Crippen LogP contribution in [0.5, 0.6) is 0 Å². The van der Waals surface area contributed by atoms with Gasteiger partial charge in [-0.3, -0.25) is 9.59 Å². The van der Waals surface area contributed by atoms with Crippen molar-refractivity contribution in [2.24, 2.45) is 0 Å². The van der Waals surface area contributed by atoms with E-state index in [9.17, 15) is 9.59 Å². The number of unbranched alkanes of at least 4 members (excludes halogenated alkanes) is 1. The molecule has 2 aromatic heterocycles. The molecule has 0 aliphatic heterocycles. The molecule has 0 spiro atoms. The summed E-state index contributed by atoms with van der Waals surface area (Å²) in [4.78, 5) is 24.9. The highest BCUT2D eigenvalue weighted by Gasteiger charge is 2.09. The van der Waals surface area contributed by atoms with Crippen molar-refractivity contribution in [2.75, 3.05) is 6.54 Å². The van der Waals surface area contributed by atoms with Crippen molar-refractivity contribution in [3.8, 4) is 0 Å². The molecule has 0 unspecified atom stereocenters. The number of amides is 1. The van der Waals surface area contributed by atoms with Crippen LogP contribution in [-0.2, 0) is 13.0 Å². The van der Waals surface area contributed by atoms with Gasteiger partial charge in [0.25, 0.3) is 11.5 Å². The van der Waals surface area contributed by atoms with Gasteiger partial charge in [-0.15, -0.1) is 11.3 Å². The van der Waals surface area contributed by atoms with Gasteiger partial charge in [0, 0.05) is 24.0 Å². The summed E-state index contributed by atoms with van der Waals surface area (Å²) in [6, 6.07) is 6.91. The third-order valence-corrected chi connectivity index (χ3v) is 4.00. The first-order chi connectivity index (χ1) is 10.2. The Kier molecular flexibility index (Phi) is 5.68. The van der Waals surface area contributed by atoms with Crippen molar-refractivity contribution in [1.29, 1.82) is 0 Å². The molecule has 2 rings (SSSR count). The van der Waals surface area contributed by atoms with Gasteiger partial charge in [0.15, 0.2) is 0 Å². The predicted octanol–water partition coefficient (Wildman–Crippen LogP) is 2.08. The molecule has 2 heterocycles. The van der Waals surface area contributed by atoms with E-state index in [0.717, 1.165) is 19.3 Å². The lowest BCUT2D eigenvalue weighted by molar-refractivity contribution is 0.0946. The number of nitrogens with zero attached hydrogens (tertiary/aromatic N) is 2. The first-order valence-corrected chi connectivity index (χ1v) is 7.97. The molecule has 0 aliphatic rings. The Labute approximate surface area is 127 Å². The van der Waals surface area contributed by atoms with Crippen molar-refractivity contribution < 1.29 is 4.79 Å². The number of rotatable bonds is 7. The standard InChI is InChI=1S/C15H19N3O2S/c1-2-3-10-18-14(19)7-6-13(17-18)15(20)16-9-8-12-5-4-11-21-12/h4-7,11H,2-3,8-10H2,1H3,(H,16,20). The monoisotopic (exact) mass is 305 g/mol. The van der Waals surface area contributed by atoms with Crippen LogP contribution in [0.3, 0.4) is 0 Å². The zero-order chi connectivity index (χ0) is 15.1. The summed E-state index contributed by atoms with van der Waals surface area (Å²) in [6.45, 7) is 3.16. The summed E-state index contributed by atoms with van der Waals surface area (Å²) in [5.74, 6) is -0.239. The minimum Gasteiger partial charge on any atom is -0.350 e. The first kappa shape index (κ1) is 15.4. The summed E-state index contributed by atoms with van der Waals surface area (Å²) in [5, 5.41) is 8.97. The third-order valence-electron chi connectivity index (χ3n) is 3.06. The molecule has 1 N–H and O–H groups in total. The highest BCUT2D eigenvalue weighted by atomic mass is 32.1. The lowest BCUT2D eigenvalue weighted by atomic mass is 10.3. The molecule has 0 fully saturated rings. The molecular weight excluding hydrogens is 286 g/mol.